The van der Waals surface area contributed by atoms with Gasteiger partial charge in [-0.1, -0.05) is 43.0 Å². The topological polar surface area (TPSA) is 46.9 Å². The number of amides is 1. The summed E-state index contributed by atoms with van der Waals surface area (Å²) in [6, 6.07) is 9.95. The van der Waals surface area contributed by atoms with Crippen LogP contribution < -0.4 is 5.32 Å². The van der Waals surface area contributed by atoms with Crippen LogP contribution in [0.15, 0.2) is 61.3 Å². The zero-order valence-electron chi connectivity index (χ0n) is 12.2. The van der Waals surface area contributed by atoms with Crippen molar-refractivity contribution in [3.63, 3.8) is 0 Å². The Morgan fingerprint density at radius 3 is 2.71 bits per heavy atom. The standard InChI is InChI=1S/C17H19N3O/c1-4-10-20-15(12-19-17(21)13(2)3)11-18-16(20)14-8-6-5-7-9-14/h4-9,11H,1-2,10,12H2,3H3,(H,19,21). The van der Waals surface area contributed by atoms with E-state index in [-0.39, 0.29) is 5.91 Å². The lowest BCUT2D eigenvalue weighted by Crippen LogP contribution is -2.24. The van der Waals surface area contributed by atoms with Gasteiger partial charge in [0.1, 0.15) is 5.82 Å². The van der Waals surface area contributed by atoms with E-state index < -0.39 is 0 Å². The van der Waals surface area contributed by atoms with Crippen LogP contribution in [0.2, 0.25) is 0 Å². The Bertz CT molecular complexity index is 656. The fraction of sp³-hybridized carbons (Fsp3) is 0.176. The highest BCUT2D eigenvalue weighted by Crippen LogP contribution is 2.19. The van der Waals surface area contributed by atoms with E-state index in [9.17, 15) is 4.79 Å². The highest BCUT2D eigenvalue weighted by molar-refractivity contribution is 5.91. The summed E-state index contributed by atoms with van der Waals surface area (Å²) < 4.78 is 2.04. The van der Waals surface area contributed by atoms with Gasteiger partial charge in [-0.25, -0.2) is 4.98 Å². The Hall–Kier alpha value is -2.62. The number of allylic oxidation sites excluding steroid dienone is 1. The second-order valence-corrected chi connectivity index (χ2v) is 4.80. The SMILES string of the molecule is C=CCn1c(CNC(=O)C(=C)C)cnc1-c1ccccc1. The normalized spacial score (nSPS) is 10.1. The first-order valence-electron chi connectivity index (χ1n) is 6.78. The average molecular weight is 281 g/mol. The van der Waals surface area contributed by atoms with Gasteiger partial charge >= 0.3 is 0 Å². The number of hydrogen-bond donors (Lipinski definition) is 1. The molecule has 1 N–H and O–H groups in total. The molecule has 2 rings (SSSR count). The second-order valence-electron chi connectivity index (χ2n) is 4.80. The van der Waals surface area contributed by atoms with Crippen molar-refractivity contribution in [1.29, 1.82) is 0 Å². The van der Waals surface area contributed by atoms with Crippen LogP contribution in [0.25, 0.3) is 11.4 Å². The Balaban J connectivity index is 2.27. The van der Waals surface area contributed by atoms with E-state index in [4.69, 9.17) is 0 Å². The predicted molar refractivity (Wildman–Crippen MR) is 84.5 cm³/mol. The van der Waals surface area contributed by atoms with Crippen LogP contribution in [0.3, 0.4) is 0 Å². The highest BCUT2D eigenvalue weighted by atomic mass is 16.1. The molecule has 0 bridgehead atoms. The van der Waals surface area contributed by atoms with Gasteiger partial charge in [-0.2, -0.15) is 0 Å². The second kappa shape index (κ2) is 6.70. The quantitative estimate of drug-likeness (QED) is 0.653. The molecule has 1 amide bonds. The molecule has 0 aliphatic carbocycles. The molecule has 1 aromatic carbocycles. The number of aromatic nitrogens is 2. The third-order valence-corrected chi connectivity index (χ3v) is 3.10. The molecular formula is C17H19N3O. The molecule has 0 unspecified atom stereocenters. The molecule has 21 heavy (non-hydrogen) atoms. The minimum Gasteiger partial charge on any atom is -0.347 e. The Labute approximate surface area is 124 Å². The average Bonchev–Trinajstić information content (AvgIpc) is 2.89. The van der Waals surface area contributed by atoms with Gasteiger partial charge < -0.3 is 9.88 Å². The predicted octanol–water partition coefficient (Wildman–Crippen LogP) is 2.93. The van der Waals surface area contributed by atoms with Crippen molar-refractivity contribution >= 4 is 5.91 Å². The van der Waals surface area contributed by atoms with E-state index in [1.54, 1.807) is 13.1 Å². The van der Waals surface area contributed by atoms with Crippen molar-refractivity contribution in [2.75, 3.05) is 0 Å². The first-order chi connectivity index (χ1) is 10.1. The largest absolute Gasteiger partial charge is 0.347 e. The first kappa shape index (κ1) is 14.8. The summed E-state index contributed by atoms with van der Waals surface area (Å²) in [5, 5.41) is 2.83. The molecule has 0 atom stereocenters. The molecule has 1 heterocycles. The number of hydrogen-bond acceptors (Lipinski definition) is 2. The molecule has 0 aliphatic rings. The monoisotopic (exact) mass is 281 g/mol. The van der Waals surface area contributed by atoms with Gasteiger partial charge in [0.2, 0.25) is 5.91 Å². The number of nitrogens with one attached hydrogen (secondary N) is 1. The van der Waals surface area contributed by atoms with Crippen molar-refractivity contribution in [1.82, 2.24) is 14.9 Å². The molecule has 0 saturated carbocycles. The molecule has 0 fully saturated rings. The van der Waals surface area contributed by atoms with Gasteiger partial charge in [-0.3, -0.25) is 4.79 Å². The van der Waals surface area contributed by atoms with Gasteiger partial charge in [-0.15, -0.1) is 6.58 Å². The van der Waals surface area contributed by atoms with Crippen molar-refractivity contribution in [3.05, 3.63) is 67.0 Å². The molecule has 4 nitrogen and oxygen atoms in total. The first-order valence-corrected chi connectivity index (χ1v) is 6.78. The lowest BCUT2D eigenvalue weighted by atomic mass is 10.2. The van der Waals surface area contributed by atoms with Gasteiger partial charge in [0.15, 0.2) is 0 Å². The fourth-order valence-electron chi connectivity index (χ4n) is 2.02. The van der Waals surface area contributed by atoms with Crippen molar-refractivity contribution in [2.24, 2.45) is 0 Å². The summed E-state index contributed by atoms with van der Waals surface area (Å²) in [4.78, 5) is 16.1. The molecule has 4 heteroatoms. The minimum absolute atomic E-state index is 0.150. The zero-order valence-corrected chi connectivity index (χ0v) is 12.2. The lowest BCUT2D eigenvalue weighted by molar-refractivity contribution is -0.117. The van der Waals surface area contributed by atoms with E-state index in [2.05, 4.69) is 23.5 Å². The number of carbonyl (C=O) groups is 1. The van der Waals surface area contributed by atoms with E-state index in [1.165, 1.54) is 0 Å². The number of benzene rings is 1. The molecule has 2 aromatic rings. The molecule has 0 saturated heterocycles. The van der Waals surface area contributed by atoms with Crippen LogP contribution >= 0.6 is 0 Å². The third-order valence-electron chi connectivity index (χ3n) is 3.10. The van der Waals surface area contributed by atoms with E-state index >= 15 is 0 Å². The fourth-order valence-corrected chi connectivity index (χ4v) is 2.02. The Kier molecular flexibility index (Phi) is 4.72. The van der Waals surface area contributed by atoms with Crippen molar-refractivity contribution in [2.45, 2.75) is 20.0 Å². The van der Waals surface area contributed by atoms with Crippen LogP contribution in [0.4, 0.5) is 0 Å². The Morgan fingerprint density at radius 1 is 1.38 bits per heavy atom. The maximum absolute atomic E-state index is 11.6. The highest BCUT2D eigenvalue weighted by Gasteiger charge is 2.11. The van der Waals surface area contributed by atoms with Gasteiger partial charge in [0.05, 0.1) is 18.4 Å². The summed E-state index contributed by atoms with van der Waals surface area (Å²) in [5.41, 5.74) is 2.47. The summed E-state index contributed by atoms with van der Waals surface area (Å²) >= 11 is 0. The summed E-state index contributed by atoms with van der Waals surface area (Å²) in [6.45, 7) is 10.2. The van der Waals surface area contributed by atoms with Crippen LogP contribution in [-0.2, 0) is 17.9 Å². The molecule has 1 aromatic heterocycles. The molecule has 0 radical (unpaired) electrons. The number of carbonyl (C=O) groups excluding carboxylic acids is 1. The molecule has 108 valence electrons. The molecule has 0 aliphatic heterocycles. The molecular weight excluding hydrogens is 262 g/mol. The summed E-state index contributed by atoms with van der Waals surface area (Å²) in [5.74, 6) is 0.720. The van der Waals surface area contributed by atoms with Crippen LogP contribution in [0.1, 0.15) is 12.6 Å². The van der Waals surface area contributed by atoms with E-state index in [0.717, 1.165) is 17.1 Å². The van der Waals surface area contributed by atoms with Gasteiger partial charge in [0.25, 0.3) is 0 Å². The number of imidazole rings is 1. The maximum atomic E-state index is 11.6. The van der Waals surface area contributed by atoms with Crippen LogP contribution in [0.5, 0.6) is 0 Å². The summed E-state index contributed by atoms with van der Waals surface area (Å²) in [6.07, 6.45) is 3.60. The van der Waals surface area contributed by atoms with Gasteiger partial charge in [-0.05, 0) is 6.92 Å². The number of rotatable bonds is 6. The number of nitrogens with zero attached hydrogens (tertiary/aromatic N) is 2. The van der Waals surface area contributed by atoms with Crippen molar-refractivity contribution < 1.29 is 4.79 Å². The Morgan fingerprint density at radius 2 is 2.10 bits per heavy atom. The maximum Gasteiger partial charge on any atom is 0.246 e. The van der Waals surface area contributed by atoms with Crippen molar-refractivity contribution in [3.8, 4) is 11.4 Å². The summed E-state index contributed by atoms with van der Waals surface area (Å²) in [7, 11) is 0. The van der Waals surface area contributed by atoms with E-state index in [1.807, 2.05) is 41.0 Å². The van der Waals surface area contributed by atoms with Gasteiger partial charge in [0, 0.05) is 17.7 Å². The van der Waals surface area contributed by atoms with Crippen LogP contribution in [-0.4, -0.2) is 15.5 Å². The smallest absolute Gasteiger partial charge is 0.246 e. The third kappa shape index (κ3) is 3.48. The molecule has 0 spiro atoms. The van der Waals surface area contributed by atoms with Crippen LogP contribution in [0, 0.1) is 0 Å². The van der Waals surface area contributed by atoms with E-state index in [0.29, 0.717) is 18.7 Å². The lowest BCUT2D eigenvalue weighted by Gasteiger charge is -2.11. The zero-order chi connectivity index (χ0) is 15.2. The minimum atomic E-state index is -0.150.